The van der Waals surface area contributed by atoms with Crippen LogP contribution in [0.1, 0.15) is 24.2 Å². The van der Waals surface area contributed by atoms with Crippen molar-refractivity contribution in [3.63, 3.8) is 0 Å². The molecular weight excluding hydrogens is 248 g/mol. The van der Waals surface area contributed by atoms with Crippen molar-refractivity contribution in [1.82, 2.24) is 14.9 Å². The molecule has 0 radical (unpaired) electrons. The maximum atomic E-state index is 4.50. The molecule has 1 N–H and O–H groups in total. The molecule has 1 atom stereocenters. The van der Waals surface area contributed by atoms with Gasteiger partial charge >= 0.3 is 0 Å². The molecular formula is C16H22N4. The number of rotatable bonds is 4. The zero-order valence-corrected chi connectivity index (χ0v) is 12.8. The van der Waals surface area contributed by atoms with Crippen LogP contribution in [-0.4, -0.2) is 36.0 Å². The minimum absolute atomic E-state index is 0.398. The molecule has 4 heteroatoms. The summed E-state index contributed by atoms with van der Waals surface area (Å²) >= 11 is 0. The predicted molar refractivity (Wildman–Crippen MR) is 83.9 cm³/mol. The Balaban J connectivity index is 2.32. The summed E-state index contributed by atoms with van der Waals surface area (Å²) < 4.78 is 0. The molecule has 0 saturated heterocycles. The summed E-state index contributed by atoms with van der Waals surface area (Å²) in [4.78, 5) is 11.2. The molecule has 2 aromatic rings. The van der Waals surface area contributed by atoms with Crippen LogP contribution in [0, 0.1) is 6.92 Å². The largest absolute Gasteiger partial charge is 0.373 e. The zero-order chi connectivity index (χ0) is 14.7. The fourth-order valence-electron chi connectivity index (χ4n) is 2.03. The molecule has 0 spiro atoms. The maximum Gasteiger partial charge on any atom is 0.161 e. The molecule has 0 fully saturated rings. The Morgan fingerprint density at radius 2 is 1.75 bits per heavy atom. The van der Waals surface area contributed by atoms with E-state index in [1.807, 2.05) is 20.0 Å². The van der Waals surface area contributed by atoms with E-state index in [9.17, 15) is 0 Å². The summed E-state index contributed by atoms with van der Waals surface area (Å²) in [6.45, 7) is 4.17. The highest BCUT2D eigenvalue weighted by Crippen LogP contribution is 2.22. The van der Waals surface area contributed by atoms with Gasteiger partial charge in [-0.15, -0.1) is 0 Å². The molecule has 1 heterocycles. The SMILES string of the molecule is CNc1cc(C)nc(-c2ccc([C@H](C)N(C)C)cc2)n1. The van der Waals surface area contributed by atoms with Crippen LogP contribution in [0.15, 0.2) is 30.3 Å². The monoisotopic (exact) mass is 270 g/mol. The summed E-state index contributed by atoms with van der Waals surface area (Å²) in [5, 5.41) is 3.06. The normalized spacial score (nSPS) is 12.5. The minimum atomic E-state index is 0.398. The number of aryl methyl sites for hydroxylation is 1. The lowest BCUT2D eigenvalue weighted by molar-refractivity contribution is 0.321. The highest BCUT2D eigenvalue weighted by Gasteiger charge is 2.09. The van der Waals surface area contributed by atoms with Gasteiger partial charge in [-0.05, 0) is 33.5 Å². The van der Waals surface area contributed by atoms with Gasteiger partial charge in [0.05, 0.1) is 0 Å². The van der Waals surface area contributed by atoms with Gasteiger partial charge in [-0.3, -0.25) is 0 Å². The Labute approximate surface area is 120 Å². The molecule has 2 rings (SSSR count). The summed E-state index contributed by atoms with van der Waals surface area (Å²) in [6, 6.07) is 10.8. The number of aromatic nitrogens is 2. The van der Waals surface area contributed by atoms with E-state index in [1.54, 1.807) is 0 Å². The average Bonchev–Trinajstić information content (AvgIpc) is 2.45. The van der Waals surface area contributed by atoms with Crippen molar-refractivity contribution in [2.45, 2.75) is 19.9 Å². The molecule has 106 valence electrons. The molecule has 0 bridgehead atoms. The van der Waals surface area contributed by atoms with Gasteiger partial charge in [-0.1, -0.05) is 24.3 Å². The van der Waals surface area contributed by atoms with Gasteiger partial charge in [0.1, 0.15) is 5.82 Å². The standard InChI is InChI=1S/C16H22N4/c1-11-10-15(17-3)19-16(18-11)14-8-6-13(7-9-14)12(2)20(4)5/h6-10,12H,1-5H3,(H,17,18,19)/t12-/m0/s1. The van der Waals surface area contributed by atoms with Gasteiger partial charge in [0.25, 0.3) is 0 Å². The molecule has 0 unspecified atom stereocenters. The fraction of sp³-hybridized carbons (Fsp3) is 0.375. The van der Waals surface area contributed by atoms with Crippen molar-refractivity contribution < 1.29 is 0 Å². The second-order valence-corrected chi connectivity index (χ2v) is 5.23. The van der Waals surface area contributed by atoms with Gasteiger partial charge in [-0.2, -0.15) is 0 Å². The molecule has 0 saturated carbocycles. The third kappa shape index (κ3) is 3.14. The molecule has 0 aliphatic rings. The molecule has 0 aliphatic carbocycles. The van der Waals surface area contributed by atoms with Crippen LogP contribution in [0.3, 0.4) is 0 Å². The lowest BCUT2D eigenvalue weighted by atomic mass is 10.1. The lowest BCUT2D eigenvalue weighted by Gasteiger charge is -2.20. The van der Waals surface area contributed by atoms with E-state index in [0.717, 1.165) is 22.9 Å². The average molecular weight is 270 g/mol. The van der Waals surface area contributed by atoms with Gasteiger partial charge in [-0.25, -0.2) is 9.97 Å². The van der Waals surface area contributed by atoms with Crippen molar-refractivity contribution in [1.29, 1.82) is 0 Å². The highest BCUT2D eigenvalue weighted by molar-refractivity contribution is 5.58. The van der Waals surface area contributed by atoms with Gasteiger partial charge in [0, 0.05) is 30.4 Å². The van der Waals surface area contributed by atoms with Crippen molar-refractivity contribution in [3.8, 4) is 11.4 Å². The molecule has 0 amide bonds. The Morgan fingerprint density at radius 1 is 1.10 bits per heavy atom. The van der Waals surface area contributed by atoms with Crippen LogP contribution in [0.2, 0.25) is 0 Å². The lowest BCUT2D eigenvalue weighted by Crippen LogP contribution is -2.16. The van der Waals surface area contributed by atoms with Crippen molar-refractivity contribution in [2.24, 2.45) is 0 Å². The smallest absolute Gasteiger partial charge is 0.161 e. The first-order valence-electron chi connectivity index (χ1n) is 6.81. The summed E-state index contributed by atoms with van der Waals surface area (Å²) in [5.41, 5.74) is 3.30. The molecule has 1 aromatic carbocycles. The van der Waals surface area contributed by atoms with Crippen LogP contribution in [0.5, 0.6) is 0 Å². The molecule has 1 aromatic heterocycles. The van der Waals surface area contributed by atoms with Crippen LogP contribution < -0.4 is 5.32 Å². The van der Waals surface area contributed by atoms with E-state index in [1.165, 1.54) is 5.56 Å². The fourth-order valence-corrected chi connectivity index (χ4v) is 2.03. The Bertz CT molecular complexity index is 576. The van der Waals surface area contributed by atoms with Crippen LogP contribution in [0.4, 0.5) is 5.82 Å². The number of anilines is 1. The van der Waals surface area contributed by atoms with Crippen LogP contribution in [-0.2, 0) is 0 Å². The highest BCUT2D eigenvalue weighted by atomic mass is 15.1. The number of hydrogen-bond acceptors (Lipinski definition) is 4. The second kappa shape index (κ2) is 6.01. The van der Waals surface area contributed by atoms with Gasteiger partial charge in [0.2, 0.25) is 0 Å². The molecule has 20 heavy (non-hydrogen) atoms. The van der Waals surface area contributed by atoms with Gasteiger partial charge < -0.3 is 10.2 Å². The third-order valence-electron chi connectivity index (χ3n) is 3.54. The van der Waals surface area contributed by atoms with Crippen LogP contribution >= 0.6 is 0 Å². The number of nitrogens with zero attached hydrogens (tertiary/aromatic N) is 3. The first-order chi connectivity index (χ1) is 9.51. The zero-order valence-electron chi connectivity index (χ0n) is 12.8. The van der Waals surface area contributed by atoms with Crippen molar-refractivity contribution in [3.05, 3.63) is 41.6 Å². The van der Waals surface area contributed by atoms with E-state index in [4.69, 9.17) is 0 Å². The van der Waals surface area contributed by atoms with E-state index < -0.39 is 0 Å². The maximum absolute atomic E-state index is 4.50. The first-order valence-corrected chi connectivity index (χ1v) is 6.81. The quantitative estimate of drug-likeness (QED) is 0.926. The Morgan fingerprint density at radius 3 is 2.30 bits per heavy atom. The summed E-state index contributed by atoms with van der Waals surface area (Å²) in [6.07, 6.45) is 0. The first kappa shape index (κ1) is 14.5. The van der Waals surface area contributed by atoms with E-state index >= 15 is 0 Å². The Hall–Kier alpha value is -1.94. The van der Waals surface area contributed by atoms with E-state index in [-0.39, 0.29) is 0 Å². The minimum Gasteiger partial charge on any atom is -0.373 e. The van der Waals surface area contributed by atoms with E-state index in [0.29, 0.717) is 6.04 Å². The van der Waals surface area contributed by atoms with Crippen molar-refractivity contribution in [2.75, 3.05) is 26.5 Å². The van der Waals surface area contributed by atoms with Gasteiger partial charge in [0.15, 0.2) is 5.82 Å². The Kier molecular flexibility index (Phi) is 4.35. The van der Waals surface area contributed by atoms with Crippen molar-refractivity contribution >= 4 is 5.82 Å². The number of benzene rings is 1. The third-order valence-corrected chi connectivity index (χ3v) is 3.54. The summed E-state index contributed by atoms with van der Waals surface area (Å²) in [5.74, 6) is 1.61. The molecule has 0 aliphatic heterocycles. The van der Waals surface area contributed by atoms with E-state index in [2.05, 4.69) is 65.5 Å². The topological polar surface area (TPSA) is 41.1 Å². The molecule has 4 nitrogen and oxygen atoms in total. The predicted octanol–water partition coefficient (Wildman–Crippen LogP) is 3.12. The number of hydrogen-bond donors (Lipinski definition) is 1. The van der Waals surface area contributed by atoms with Crippen LogP contribution in [0.25, 0.3) is 11.4 Å². The second-order valence-electron chi connectivity index (χ2n) is 5.23. The summed E-state index contributed by atoms with van der Waals surface area (Å²) in [7, 11) is 6.04. The number of nitrogens with one attached hydrogen (secondary N) is 1.